The van der Waals surface area contributed by atoms with Gasteiger partial charge in [0.15, 0.2) is 0 Å². The van der Waals surface area contributed by atoms with Gasteiger partial charge in [0.25, 0.3) is 0 Å². The van der Waals surface area contributed by atoms with Crippen molar-refractivity contribution in [2.24, 2.45) is 10.7 Å². The van der Waals surface area contributed by atoms with Crippen LogP contribution in [0.1, 0.15) is 11.1 Å². The lowest BCUT2D eigenvalue weighted by atomic mass is 10.1. The average Bonchev–Trinajstić information content (AvgIpc) is 2.53. The molecular weight excluding hydrogens is 292 g/mol. The second kappa shape index (κ2) is 7.00. The zero-order chi connectivity index (χ0) is 16.1. The molecule has 0 spiro atoms. The van der Waals surface area contributed by atoms with Crippen molar-refractivity contribution in [1.82, 2.24) is 0 Å². The van der Waals surface area contributed by atoms with E-state index in [-0.39, 0.29) is 5.75 Å². The Morgan fingerprint density at radius 3 is 2.23 bits per heavy atom. The van der Waals surface area contributed by atoms with Crippen LogP contribution in [0, 0.1) is 6.92 Å². The Morgan fingerprint density at radius 1 is 1.09 bits per heavy atom. The Bertz CT molecular complexity index is 716. The highest BCUT2D eigenvalue weighted by Crippen LogP contribution is 2.37. The van der Waals surface area contributed by atoms with Gasteiger partial charge in [0.1, 0.15) is 11.6 Å². The number of allylic oxidation sites excluding steroid dienone is 1. The lowest BCUT2D eigenvalue weighted by molar-refractivity contribution is 0.475. The van der Waals surface area contributed by atoms with Crippen LogP contribution in [0.2, 0.25) is 0 Å². The first kappa shape index (κ1) is 15.9. The smallest absolute Gasteiger partial charge is 0.137 e. The molecule has 0 saturated heterocycles. The van der Waals surface area contributed by atoms with Gasteiger partial charge in [-0.15, -0.1) is 0 Å². The molecule has 0 atom stereocenters. The molecule has 0 heterocycles. The summed E-state index contributed by atoms with van der Waals surface area (Å²) >= 11 is 1.50. The molecule has 0 unspecified atom stereocenters. The van der Waals surface area contributed by atoms with Crippen molar-refractivity contribution in [2.75, 3.05) is 0 Å². The maximum atomic E-state index is 9.39. The Hall–Kier alpha value is -2.46. The summed E-state index contributed by atoms with van der Waals surface area (Å²) in [7, 11) is 0. The molecule has 0 aliphatic rings. The van der Waals surface area contributed by atoms with E-state index in [1.165, 1.54) is 17.3 Å². The number of hydrogen-bond donors (Lipinski definition) is 2. The van der Waals surface area contributed by atoms with Crippen molar-refractivity contribution < 1.29 is 5.11 Å². The molecule has 0 bridgehead atoms. The molecule has 3 N–H and O–H groups in total. The van der Waals surface area contributed by atoms with Crippen LogP contribution in [0.15, 0.2) is 75.7 Å². The summed E-state index contributed by atoms with van der Waals surface area (Å²) < 4.78 is 0. The second-order valence-electron chi connectivity index (χ2n) is 4.81. The van der Waals surface area contributed by atoms with Gasteiger partial charge in [0.2, 0.25) is 0 Å². The molecule has 0 aliphatic heterocycles. The van der Waals surface area contributed by atoms with Crippen LogP contribution in [0.3, 0.4) is 0 Å². The van der Waals surface area contributed by atoms with E-state index in [0.29, 0.717) is 5.82 Å². The normalized spacial score (nSPS) is 11.7. The van der Waals surface area contributed by atoms with E-state index < -0.39 is 0 Å². The number of aromatic hydroxyl groups is 1. The monoisotopic (exact) mass is 310 g/mol. The zero-order valence-electron chi connectivity index (χ0n) is 12.4. The van der Waals surface area contributed by atoms with Crippen molar-refractivity contribution in [3.05, 3.63) is 77.0 Å². The number of phenols is 1. The third-order valence-corrected chi connectivity index (χ3v) is 4.30. The topological polar surface area (TPSA) is 58.6 Å². The Balaban J connectivity index is 2.34. The predicted molar refractivity (Wildman–Crippen MR) is 94.9 cm³/mol. The average molecular weight is 310 g/mol. The van der Waals surface area contributed by atoms with Gasteiger partial charge in [-0.1, -0.05) is 48.2 Å². The summed E-state index contributed by atoms with van der Waals surface area (Å²) in [4.78, 5) is 5.65. The number of hydrogen-bond acceptors (Lipinski definition) is 4. The molecule has 2 aromatic carbocycles. The van der Waals surface area contributed by atoms with Crippen LogP contribution in [-0.2, 0) is 0 Å². The Labute approximate surface area is 134 Å². The number of nitrogens with zero attached hydrogens (tertiary/aromatic N) is 1. The van der Waals surface area contributed by atoms with Crippen LogP contribution < -0.4 is 5.73 Å². The van der Waals surface area contributed by atoms with E-state index in [4.69, 9.17) is 5.73 Å². The third-order valence-electron chi connectivity index (χ3n) is 3.13. The van der Waals surface area contributed by atoms with E-state index in [0.717, 1.165) is 20.9 Å². The highest BCUT2D eigenvalue weighted by atomic mass is 32.2. The minimum Gasteiger partial charge on any atom is -0.508 e. The Morgan fingerprint density at radius 2 is 1.68 bits per heavy atom. The minimum atomic E-state index is 0.211. The maximum Gasteiger partial charge on any atom is 0.137 e. The van der Waals surface area contributed by atoms with Crippen molar-refractivity contribution >= 4 is 24.1 Å². The van der Waals surface area contributed by atoms with Crippen LogP contribution in [0.4, 0.5) is 0 Å². The summed E-state index contributed by atoms with van der Waals surface area (Å²) in [6.45, 7) is 9.65. The van der Waals surface area contributed by atoms with Gasteiger partial charge in [0, 0.05) is 4.90 Å². The van der Waals surface area contributed by atoms with Crippen LogP contribution in [0.5, 0.6) is 5.75 Å². The first-order valence-corrected chi connectivity index (χ1v) is 7.52. The van der Waals surface area contributed by atoms with E-state index in [9.17, 15) is 5.11 Å². The van der Waals surface area contributed by atoms with E-state index in [1.807, 2.05) is 31.2 Å². The number of thioether (sulfide) groups is 1. The van der Waals surface area contributed by atoms with Crippen LogP contribution in [-0.4, -0.2) is 11.8 Å². The number of nitrogens with two attached hydrogens (primary N) is 1. The van der Waals surface area contributed by atoms with Gasteiger partial charge in [-0.3, -0.25) is 0 Å². The highest BCUT2D eigenvalue weighted by Gasteiger charge is 2.12. The molecule has 0 radical (unpaired) electrons. The molecule has 0 saturated carbocycles. The molecule has 0 aromatic heterocycles. The van der Waals surface area contributed by atoms with Crippen molar-refractivity contribution in [2.45, 2.75) is 11.8 Å². The first-order valence-electron chi connectivity index (χ1n) is 6.71. The fraction of sp³-hybridized carbons (Fsp3) is 0.0556. The molecule has 4 heteroatoms. The molecule has 2 aromatic rings. The van der Waals surface area contributed by atoms with Crippen LogP contribution >= 0.6 is 11.8 Å². The number of rotatable bonds is 5. The third kappa shape index (κ3) is 3.80. The molecule has 2 rings (SSSR count). The van der Waals surface area contributed by atoms with E-state index in [1.54, 1.807) is 24.3 Å². The largest absolute Gasteiger partial charge is 0.508 e. The number of aryl methyl sites for hydroxylation is 1. The van der Waals surface area contributed by atoms with Gasteiger partial charge in [-0.2, -0.15) is 0 Å². The second-order valence-corrected chi connectivity index (χ2v) is 5.90. The number of phenolic OH excluding ortho intramolecular Hbond substituents is 1. The fourth-order valence-electron chi connectivity index (χ4n) is 1.86. The summed E-state index contributed by atoms with van der Waals surface area (Å²) in [6.07, 6.45) is 0. The molecule has 22 heavy (non-hydrogen) atoms. The summed E-state index contributed by atoms with van der Waals surface area (Å²) in [5.74, 6) is 0.548. The van der Waals surface area contributed by atoms with E-state index >= 15 is 0 Å². The fourth-order valence-corrected chi connectivity index (χ4v) is 2.78. The van der Waals surface area contributed by atoms with Crippen molar-refractivity contribution in [3.63, 3.8) is 0 Å². The van der Waals surface area contributed by atoms with Crippen molar-refractivity contribution in [3.8, 4) is 5.75 Å². The standard InChI is InChI=1S/C18H18N2OS/c1-12-4-10-16(11-5-12)22-17(18(19)20-3)13(2)14-6-8-15(21)9-7-14/h4-11,21H,2-3,19H2,1H3/b18-17-. The SMILES string of the molecule is C=N/C(N)=C(\Sc1ccc(C)cc1)C(=C)c1ccc(O)cc1. The summed E-state index contributed by atoms with van der Waals surface area (Å²) in [5, 5.41) is 9.39. The first-order chi connectivity index (χ1) is 10.5. The predicted octanol–water partition coefficient (Wildman–Crippen LogP) is 4.33. The lowest BCUT2D eigenvalue weighted by Crippen LogP contribution is -1.99. The summed E-state index contributed by atoms with van der Waals surface area (Å²) in [6, 6.07) is 15.0. The minimum absolute atomic E-state index is 0.211. The highest BCUT2D eigenvalue weighted by molar-refractivity contribution is 8.03. The van der Waals surface area contributed by atoms with Gasteiger partial charge in [-0.05, 0) is 49.0 Å². The quantitative estimate of drug-likeness (QED) is 0.491. The zero-order valence-corrected chi connectivity index (χ0v) is 13.2. The number of aliphatic imine (C=N–C) groups is 1. The molecular formula is C18H18N2OS. The van der Waals surface area contributed by atoms with Gasteiger partial charge in [-0.25, -0.2) is 4.99 Å². The molecule has 3 nitrogen and oxygen atoms in total. The molecule has 0 aliphatic carbocycles. The van der Waals surface area contributed by atoms with Gasteiger partial charge >= 0.3 is 0 Å². The van der Waals surface area contributed by atoms with E-state index in [2.05, 4.69) is 18.3 Å². The lowest BCUT2D eigenvalue weighted by Gasteiger charge is -2.13. The molecule has 0 amide bonds. The Kier molecular flexibility index (Phi) is 5.07. The van der Waals surface area contributed by atoms with Crippen molar-refractivity contribution in [1.29, 1.82) is 0 Å². The number of benzene rings is 2. The van der Waals surface area contributed by atoms with Crippen LogP contribution in [0.25, 0.3) is 5.57 Å². The maximum absolute atomic E-state index is 9.39. The molecule has 0 fully saturated rings. The van der Waals surface area contributed by atoms with Gasteiger partial charge < -0.3 is 10.8 Å². The van der Waals surface area contributed by atoms with Gasteiger partial charge in [0.05, 0.1) is 4.91 Å². The summed E-state index contributed by atoms with van der Waals surface area (Å²) in [5.41, 5.74) is 8.80. The molecule has 112 valence electrons.